The number of rotatable bonds is 4. The Hall–Kier alpha value is -2.29. The maximum atomic E-state index is 8.77. The van der Waals surface area contributed by atoms with Gasteiger partial charge in [0.2, 0.25) is 5.89 Å². The average Bonchev–Trinajstić information content (AvgIpc) is 3.02. The lowest BCUT2D eigenvalue weighted by molar-refractivity contribution is 0.466. The number of nitrogens with zero attached hydrogens (tertiary/aromatic N) is 3. The Bertz CT molecular complexity index is 824. The maximum Gasteiger partial charge on any atom is 0.277 e. The highest BCUT2D eigenvalue weighted by atomic mass is 35.5. The van der Waals surface area contributed by atoms with E-state index in [0.29, 0.717) is 27.5 Å². The van der Waals surface area contributed by atoms with Crippen molar-refractivity contribution in [3.05, 3.63) is 64.7 Å². The van der Waals surface area contributed by atoms with Crippen LogP contribution in [0.1, 0.15) is 11.1 Å². The summed E-state index contributed by atoms with van der Waals surface area (Å²) in [6.07, 6.45) is 0. The lowest BCUT2D eigenvalue weighted by Gasteiger charge is -1.98. The molecule has 22 heavy (non-hydrogen) atoms. The third-order valence-corrected chi connectivity index (χ3v) is 4.18. The van der Waals surface area contributed by atoms with Gasteiger partial charge in [0.25, 0.3) is 5.22 Å². The summed E-state index contributed by atoms with van der Waals surface area (Å²) in [7, 11) is 0. The van der Waals surface area contributed by atoms with E-state index in [4.69, 9.17) is 21.3 Å². The van der Waals surface area contributed by atoms with Crippen LogP contribution in [0, 0.1) is 11.3 Å². The largest absolute Gasteiger partial charge is 0.411 e. The summed E-state index contributed by atoms with van der Waals surface area (Å²) in [5.41, 5.74) is 2.45. The second-order valence-electron chi connectivity index (χ2n) is 4.45. The molecule has 0 aliphatic rings. The molecular formula is C16H10ClN3OS. The molecule has 0 radical (unpaired) electrons. The summed E-state index contributed by atoms with van der Waals surface area (Å²) < 4.78 is 5.62. The van der Waals surface area contributed by atoms with Gasteiger partial charge in [-0.05, 0) is 29.8 Å². The third-order valence-electron chi connectivity index (χ3n) is 2.96. The number of halogens is 1. The topological polar surface area (TPSA) is 62.7 Å². The van der Waals surface area contributed by atoms with Crippen molar-refractivity contribution < 1.29 is 4.42 Å². The second kappa shape index (κ2) is 6.65. The lowest BCUT2D eigenvalue weighted by atomic mass is 10.2. The molecule has 0 unspecified atom stereocenters. The summed E-state index contributed by atoms with van der Waals surface area (Å²) in [6, 6.07) is 16.8. The Morgan fingerprint density at radius 1 is 1.09 bits per heavy atom. The summed E-state index contributed by atoms with van der Waals surface area (Å²) >= 11 is 7.55. The molecule has 2 aromatic carbocycles. The maximum absolute atomic E-state index is 8.77. The van der Waals surface area contributed by atoms with Gasteiger partial charge in [0, 0.05) is 5.75 Å². The molecule has 108 valence electrons. The van der Waals surface area contributed by atoms with Crippen molar-refractivity contribution in [2.45, 2.75) is 11.0 Å². The van der Waals surface area contributed by atoms with Gasteiger partial charge in [0.15, 0.2) is 0 Å². The van der Waals surface area contributed by atoms with Crippen molar-refractivity contribution in [3.63, 3.8) is 0 Å². The van der Waals surface area contributed by atoms with Crippen LogP contribution >= 0.6 is 23.4 Å². The van der Waals surface area contributed by atoms with Crippen LogP contribution in [-0.2, 0) is 5.75 Å². The minimum Gasteiger partial charge on any atom is -0.411 e. The van der Waals surface area contributed by atoms with E-state index in [0.717, 1.165) is 11.1 Å². The second-order valence-corrected chi connectivity index (χ2v) is 5.78. The van der Waals surface area contributed by atoms with Gasteiger partial charge in [-0.1, -0.05) is 47.6 Å². The van der Waals surface area contributed by atoms with Gasteiger partial charge in [-0.2, -0.15) is 5.26 Å². The molecule has 6 heteroatoms. The van der Waals surface area contributed by atoms with E-state index in [1.54, 1.807) is 18.2 Å². The zero-order chi connectivity index (χ0) is 15.4. The Labute approximate surface area is 136 Å². The molecule has 0 atom stereocenters. The van der Waals surface area contributed by atoms with Gasteiger partial charge in [0.1, 0.15) is 0 Å². The monoisotopic (exact) mass is 327 g/mol. The van der Waals surface area contributed by atoms with Crippen molar-refractivity contribution >= 4 is 23.4 Å². The number of thioether (sulfide) groups is 1. The molecule has 1 heterocycles. The molecule has 3 rings (SSSR count). The Morgan fingerprint density at radius 3 is 2.59 bits per heavy atom. The first-order chi connectivity index (χ1) is 10.8. The highest BCUT2D eigenvalue weighted by Crippen LogP contribution is 2.29. The predicted molar refractivity (Wildman–Crippen MR) is 85.5 cm³/mol. The fourth-order valence-corrected chi connectivity index (χ4v) is 2.77. The molecule has 0 aliphatic heterocycles. The van der Waals surface area contributed by atoms with Crippen LogP contribution in [0.2, 0.25) is 5.02 Å². The summed E-state index contributed by atoms with van der Waals surface area (Å²) in [4.78, 5) is 0. The van der Waals surface area contributed by atoms with Crippen LogP contribution in [0.5, 0.6) is 0 Å². The van der Waals surface area contributed by atoms with Crippen LogP contribution in [0.15, 0.2) is 58.2 Å². The average molecular weight is 328 g/mol. The Balaban J connectivity index is 1.69. The minimum atomic E-state index is 0.410. The normalized spacial score (nSPS) is 10.4. The van der Waals surface area contributed by atoms with Crippen molar-refractivity contribution in [1.29, 1.82) is 5.26 Å². The van der Waals surface area contributed by atoms with Crippen LogP contribution in [-0.4, -0.2) is 10.2 Å². The summed E-state index contributed by atoms with van der Waals surface area (Å²) in [5, 5.41) is 17.9. The van der Waals surface area contributed by atoms with E-state index in [1.165, 1.54) is 11.8 Å². The first-order valence-electron chi connectivity index (χ1n) is 6.46. The van der Waals surface area contributed by atoms with Crippen LogP contribution in [0.3, 0.4) is 0 Å². The van der Waals surface area contributed by atoms with Gasteiger partial charge in [-0.3, -0.25) is 0 Å². The molecule has 0 saturated carbocycles. The minimum absolute atomic E-state index is 0.410. The zero-order valence-electron chi connectivity index (χ0n) is 11.4. The van der Waals surface area contributed by atoms with Crippen molar-refractivity contribution in [1.82, 2.24) is 10.2 Å². The Morgan fingerprint density at radius 2 is 1.86 bits per heavy atom. The van der Waals surface area contributed by atoms with Gasteiger partial charge >= 0.3 is 0 Å². The summed E-state index contributed by atoms with van der Waals surface area (Å²) in [6.45, 7) is 0. The van der Waals surface area contributed by atoms with E-state index >= 15 is 0 Å². The first-order valence-corrected chi connectivity index (χ1v) is 7.83. The number of aromatic nitrogens is 2. The fourth-order valence-electron chi connectivity index (χ4n) is 1.83. The third kappa shape index (κ3) is 3.30. The molecule has 0 amide bonds. The van der Waals surface area contributed by atoms with E-state index in [-0.39, 0.29) is 0 Å². The highest BCUT2D eigenvalue weighted by Gasteiger charge is 2.11. The van der Waals surface area contributed by atoms with E-state index in [9.17, 15) is 0 Å². The van der Waals surface area contributed by atoms with Crippen LogP contribution in [0.25, 0.3) is 11.5 Å². The molecule has 0 fully saturated rings. The molecule has 0 spiro atoms. The van der Waals surface area contributed by atoms with E-state index in [2.05, 4.69) is 16.3 Å². The molecule has 0 aliphatic carbocycles. The fraction of sp³-hybridized carbons (Fsp3) is 0.0625. The molecule has 0 saturated heterocycles. The van der Waals surface area contributed by atoms with Crippen molar-refractivity contribution in [2.75, 3.05) is 0 Å². The summed E-state index contributed by atoms with van der Waals surface area (Å²) in [5.74, 6) is 1.10. The first kappa shape index (κ1) is 14.6. The zero-order valence-corrected chi connectivity index (χ0v) is 12.9. The molecule has 1 aromatic heterocycles. The van der Waals surface area contributed by atoms with E-state index < -0.39 is 0 Å². The number of nitriles is 1. The Kier molecular flexibility index (Phi) is 4.42. The van der Waals surface area contributed by atoms with Crippen LogP contribution < -0.4 is 0 Å². The molecule has 0 bridgehead atoms. The predicted octanol–water partition coefficient (Wildman–Crippen LogP) is 4.55. The van der Waals surface area contributed by atoms with E-state index in [1.807, 2.05) is 30.3 Å². The molecule has 4 nitrogen and oxygen atoms in total. The number of hydrogen-bond acceptors (Lipinski definition) is 5. The van der Waals surface area contributed by atoms with Crippen molar-refractivity contribution in [2.24, 2.45) is 0 Å². The number of hydrogen-bond donors (Lipinski definition) is 0. The highest BCUT2D eigenvalue weighted by molar-refractivity contribution is 7.98. The lowest BCUT2D eigenvalue weighted by Crippen LogP contribution is -1.81. The quantitative estimate of drug-likeness (QED) is 0.657. The smallest absolute Gasteiger partial charge is 0.277 e. The van der Waals surface area contributed by atoms with Crippen LogP contribution in [0.4, 0.5) is 0 Å². The SMILES string of the molecule is N#Cc1ccc(CSc2nnc(-c3ccccc3Cl)o2)cc1. The van der Waals surface area contributed by atoms with Gasteiger partial charge in [-0.15, -0.1) is 10.2 Å². The standard InChI is InChI=1S/C16H10ClN3OS/c17-14-4-2-1-3-13(14)15-19-20-16(21-15)22-10-12-7-5-11(9-18)6-8-12/h1-8H,10H2. The van der Waals surface area contributed by atoms with Gasteiger partial charge in [0.05, 0.1) is 22.2 Å². The molecule has 3 aromatic rings. The van der Waals surface area contributed by atoms with Gasteiger partial charge in [-0.25, -0.2) is 0 Å². The molecule has 0 N–H and O–H groups in total. The number of benzene rings is 2. The van der Waals surface area contributed by atoms with Crippen molar-refractivity contribution in [3.8, 4) is 17.5 Å². The molecular weight excluding hydrogens is 318 g/mol. The van der Waals surface area contributed by atoms with Gasteiger partial charge < -0.3 is 4.42 Å².